The van der Waals surface area contributed by atoms with Gasteiger partial charge in [-0.05, 0) is 24.4 Å². The first-order chi connectivity index (χ1) is 15.3. The Morgan fingerprint density at radius 3 is 2.28 bits per heavy atom. The molecule has 2 heterocycles. The molecule has 32 heavy (non-hydrogen) atoms. The fraction of sp³-hybridized carbons (Fsp3) is 0.250. The Balaban J connectivity index is 2.06. The van der Waals surface area contributed by atoms with E-state index in [0.717, 1.165) is 33.8 Å². The molecule has 0 amide bonds. The fourth-order valence-corrected chi connectivity index (χ4v) is 4.09. The Bertz CT molecular complexity index is 1390. The third-order valence-corrected chi connectivity index (χ3v) is 5.66. The van der Waals surface area contributed by atoms with Gasteiger partial charge in [-0.3, -0.25) is 9.59 Å². The third-order valence-electron chi connectivity index (χ3n) is 5.66. The quantitative estimate of drug-likeness (QED) is 0.419. The van der Waals surface area contributed by atoms with Crippen LogP contribution in [-0.4, -0.2) is 35.4 Å². The summed E-state index contributed by atoms with van der Waals surface area (Å²) in [4.78, 5) is 25.0. The van der Waals surface area contributed by atoms with Gasteiger partial charge in [0.1, 0.15) is 13.1 Å². The molecule has 0 saturated carbocycles. The number of pyridine rings is 1. The van der Waals surface area contributed by atoms with E-state index in [4.69, 9.17) is 4.74 Å². The minimum absolute atomic E-state index is 0.00215. The molecule has 0 spiro atoms. The van der Waals surface area contributed by atoms with Gasteiger partial charge in [-0.25, -0.2) is 0 Å². The van der Waals surface area contributed by atoms with Gasteiger partial charge in [0.15, 0.2) is 0 Å². The van der Waals surface area contributed by atoms with Gasteiger partial charge in [0.05, 0.1) is 7.11 Å². The van der Waals surface area contributed by atoms with Crippen LogP contribution in [0.5, 0.6) is 0 Å². The van der Waals surface area contributed by atoms with Crippen molar-refractivity contribution in [3.05, 3.63) is 70.8 Å². The maximum absolute atomic E-state index is 14.0. The number of methoxy groups -OCH3 is 2. The van der Waals surface area contributed by atoms with Crippen LogP contribution in [0.4, 0.5) is 8.78 Å². The van der Waals surface area contributed by atoms with Gasteiger partial charge >= 0.3 is 12.1 Å². The molecular formula is C24H22F2N2O4. The molecule has 0 N–H and O–H groups in total. The Morgan fingerprint density at radius 2 is 1.62 bits per heavy atom. The van der Waals surface area contributed by atoms with E-state index in [1.165, 1.54) is 13.3 Å². The van der Waals surface area contributed by atoms with E-state index < -0.39 is 24.2 Å². The molecule has 4 aromatic rings. The van der Waals surface area contributed by atoms with Crippen molar-refractivity contribution < 1.29 is 23.0 Å². The number of ether oxygens (including phenoxy) is 2. The summed E-state index contributed by atoms with van der Waals surface area (Å²) in [5.41, 5.74) is 2.40. The molecular weight excluding hydrogens is 418 g/mol. The number of aromatic nitrogens is 2. The van der Waals surface area contributed by atoms with E-state index in [1.807, 2.05) is 35.8 Å². The molecule has 8 heteroatoms. The second-order valence-corrected chi connectivity index (χ2v) is 7.50. The summed E-state index contributed by atoms with van der Waals surface area (Å²) in [5, 5.41) is 1.79. The first kappa shape index (κ1) is 21.7. The summed E-state index contributed by atoms with van der Waals surface area (Å²) in [7, 11) is 2.22. The largest absolute Gasteiger partial charge is 0.468 e. The Kier molecular flexibility index (Phi) is 5.56. The summed E-state index contributed by atoms with van der Waals surface area (Å²) in [5.74, 6) is -0.407. The van der Waals surface area contributed by atoms with Crippen molar-refractivity contribution in [2.24, 2.45) is 0 Å². The number of esters is 1. The van der Waals surface area contributed by atoms with Crippen molar-refractivity contribution in [2.75, 3.05) is 14.2 Å². The highest BCUT2D eigenvalue weighted by molar-refractivity contribution is 6.06. The van der Waals surface area contributed by atoms with Crippen LogP contribution in [0, 0.1) is 6.92 Å². The number of alkyl halides is 2. The van der Waals surface area contributed by atoms with E-state index in [0.29, 0.717) is 16.3 Å². The number of nitrogens with zero attached hydrogens (tertiary/aromatic N) is 2. The van der Waals surface area contributed by atoms with Gasteiger partial charge in [0.2, 0.25) is 0 Å². The number of rotatable bonds is 6. The molecule has 166 valence electrons. The van der Waals surface area contributed by atoms with Crippen LogP contribution in [0.15, 0.2) is 59.5 Å². The maximum atomic E-state index is 14.0. The van der Waals surface area contributed by atoms with E-state index in [-0.39, 0.29) is 6.54 Å². The lowest BCUT2D eigenvalue weighted by Crippen LogP contribution is -2.32. The topological polar surface area (TPSA) is 62.5 Å². The normalized spacial score (nSPS) is 11.9. The predicted octanol–water partition coefficient (Wildman–Crippen LogP) is 4.34. The van der Waals surface area contributed by atoms with E-state index in [1.54, 1.807) is 24.3 Å². The molecule has 0 radical (unpaired) electrons. The average Bonchev–Trinajstić information content (AvgIpc) is 3.07. The second kappa shape index (κ2) is 8.20. The van der Waals surface area contributed by atoms with Crippen LogP contribution in [0.25, 0.3) is 32.8 Å². The summed E-state index contributed by atoms with van der Waals surface area (Å²) in [6.07, 6.45) is -2.06. The minimum Gasteiger partial charge on any atom is -0.468 e. The van der Waals surface area contributed by atoms with Crippen molar-refractivity contribution in [3.8, 4) is 11.1 Å². The predicted molar refractivity (Wildman–Crippen MR) is 118 cm³/mol. The van der Waals surface area contributed by atoms with Gasteiger partial charge in [-0.15, -0.1) is 0 Å². The zero-order valence-electron chi connectivity index (χ0n) is 17.9. The highest BCUT2D eigenvalue weighted by Gasteiger charge is 2.30. The highest BCUT2D eigenvalue weighted by atomic mass is 19.3. The van der Waals surface area contributed by atoms with Gasteiger partial charge in [-0.2, -0.15) is 8.78 Å². The molecule has 0 aliphatic heterocycles. The van der Waals surface area contributed by atoms with Crippen molar-refractivity contribution in [3.63, 3.8) is 0 Å². The lowest BCUT2D eigenvalue weighted by molar-refractivity contribution is -0.230. The molecule has 0 bridgehead atoms. The number of carbonyl (C=O) groups excluding carboxylic acids is 1. The molecule has 6 nitrogen and oxygen atoms in total. The number of fused-ring (bicyclic) bond motifs is 2. The second-order valence-electron chi connectivity index (χ2n) is 7.50. The maximum Gasteiger partial charge on any atom is 0.373 e. The SMILES string of the molecule is COC(=O)Cn1c(C)c(-c2cn(CC(F)(F)OC)c(=O)c3ccccc23)c2ccccc21. The number of benzene rings is 2. The van der Waals surface area contributed by atoms with Crippen LogP contribution in [0.3, 0.4) is 0 Å². The van der Waals surface area contributed by atoms with Gasteiger partial charge in [-0.1, -0.05) is 36.4 Å². The van der Waals surface area contributed by atoms with Gasteiger partial charge < -0.3 is 18.6 Å². The molecule has 0 fully saturated rings. The van der Waals surface area contributed by atoms with E-state index in [9.17, 15) is 18.4 Å². The van der Waals surface area contributed by atoms with Crippen molar-refractivity contribution in [1.82, 2.24) is 9.13 Å². The minimum atomic E-state index is -3.50. The average molecular weight is 440 g/mol. The third kappa shape index (κ3) is 3.67. The number of hydrogen-bond acceptors (Lipinski definition) is 4. The molecule has 0 saturated heterocycles. The lowest BCUT2D eigenvalue weighted by Gasteiger charge is -2.18. The summed E-state index contributed by atoms with van der Waals surface area (Å²) in [6, 6.07) is 14.4. The zero-order chi connectivity index (χ0) is 23.0. The van der Waals surface area contributed by atoms with Crippen molar-refractivity contribution >= 4 is 27.6 Å². The number of para-hydroxylation sites is 1. The van der Waals surface area contributed by atoms with Crippen molar-refractivity contribution in [1.29, 1.82) is 0 Å². The van der Waals surface area contributed by atoms with Gasteiger partial charge in [0, 0.05) is 46.4 Å². The monoisotopic (exact) mass is 440 g/mol. The molecule has 0 atom stereocenters. The Morgan fingerprint density at radius 1 is 1.00 bits per heavy atom. The number of hydrogen-bond donors (Lipinski definition) is 0. The van der Waals surface area contributed by atoms with Crippen LogP contribution in [0.1, 0.15) is 5.69 Å². The van der Waals surface area contributed by atoms with Crippen molar-refractivity contribution in [2.45, 2.75) is 26.1 Å². The van der Waals surface area contributed by atoms with Crippen LogP contribution >= 0.6 is 0 Å². The van der Waals surface area contributed by atoms with Crippen LogP contribution in [-0.2, 0) is 27.4 Å². The number of halogens is 2. The summed E-state index contributed by atoms with van der Waals surface area (Å²) >= 11 is 0. The standard InChI is InChI=1S/C24H22F2N2O4/c1-15-22(18-10-6-7-11-20(18)28(15)13-21(29)31-2)19-12-27(14-24(25,26)32-3)23(30)17-9-5-4-8-16(17)19/h4-12H,13-14H2,1-3H3. The fourth-order valence-electron chi connectivity index (χ4n) is 4.09. The van der Waals surface area contributed by atoms with Crippen LogP contribution in [0.2, 0.25) is 0 Å². The zero-order valence-corrected chi connectivity index (χ0v) is 17.9. The van der Waals surface area contributed by atoms with Gasteiger partial charge in [0.25, 0.3) is 5.56 Å². The highest BCUT2D eigenvalue weighted by Crippen LogP contribution is 2.38. The van der Waals surface area contributed by atoms with E-state index >= 15 is 0 Å². The summed E-state index contributed by atoms with van der Waals surface area (Å²) in [6.45, 7) is 0.939. The van der Waals surface area contributed by atoms with E-state index in [2.05, 4.69) is 4.74 Å². The molecule has 0 aliphatic rings. The molecule has 0 aliphatic carbocycles. The van der Waals surface area contributed by atoms with Crippen LogP contribution < -0.4 is 5.56 Å². The first-order valence-corrected chi connectivity index (χ1v) is 9.97. The Labute approximate surface area is 182 Å². The summed E-state index contributed by atoms with van der Waals surface area (Å²) < 4.78 is 40.0. The lowest BCUT2D eigenvalue weighted by atomic mass is 9.98. The molecule has 2 aromatic carbocycles. The molecule has 0 unspecified atom stereocenters. The molecule has 4 rings (SSSR count). The molecule has 2 aromatic heterocycles. The first-order valence-electron chi connectivity index (χ1n) is 9.97. The Hall–Kier alpha value is -3.52. The number of carbonyl (C=O) groups is 1. The smallest absolute Gasteiger partial charge is 0.373 e.